The molecule has 30 heavy (non-hydrogen) atoms. The largest absolute Gasteiger partial charge is 0.339 e. The molecule has 0 saturated carbocycles. The highest BCUT2D eigenvalue weighted by Crippen LogP contribution is 2.19. The lowest BCUT2D eigenvalue weighted by Crippen LogP contribution is -2.51. The van der Waals surface area contributed by atoms with Gasteiger partial charge in [-0.25, -0.2) is 0 Å². The second kappa shape index (κ2) is 9.09. The number of benzene rings is 2. The highest BCUT2D eigenvalue weighted by atomic mass is 35.5. The topological polar surface area (TPSA) is 53.5 Å². The van der Waals surface area contributed by atoms with E-state index in [1.165, 1.54) is 0 Å². The third-order valence-electron chi connectivity index (χ3n) is 5.23. The summed E-state index contributed by atoms with van der Waals surface area (Å²) in [7, 11) is 0. The van der Waals surface area contributed by atoms with Crippen LogP contribution < -0.4 is 0 Å². The van der Waals surface area contributed by atoms with E-state index in [1.807, 2.05) is 65.6 Å². The Morgan fingerprint density at radius 3 is 2.37 bits per heavy atom. The van der Waals surface area contributed by atoms with Gasteiger partial charge < -0.3 is 9.80 Å². The number of carbonyl (C=O) groups is 2. The van der Waals surface area contributed by atoms with Crippen molar-refractivity contribution in [2.24, 2.45) is 0 Å². The molecule has 2 amide bonds. The van der Waals surface area contributed by atoms with Gasteiger partial charge in [0.2, 0.25) is 5.91 Å². The first-order valence-corrected chi connectivity index (χ1v) is 10.3. The van der Waals surface area contributed by atoms with Crippen molar-refractivity contribution in [3.8, 4) is 11.3 Å². The summed E-state index contributed by atoms with van der Waals surface area (Å²) in [4.78, 5) is 33.5. The summed E-state index contributed by atoms with van der Waals surface area (Å²) in [5, 5.41) is 0.628. The molecular weight excluding hydrogens is 398 g/mol. The van der Waals surface area contributed by atoms with Crippen LogP contribution in [0.25, 0.3) is 11.3 Å². The van der Waals surface area contributed by atoms with Crippen molar-refractivity contribution in [1.82, 2.24) is 14.8 Å². The minimum absolute atomic E-state index is 0.0188. The summed E-state index contributed by atoms with van der Waals surface area (Å²) in [5.41, 5.74) is 3.29. The first-order chi connectivity index (χ1) is 14.6. The van der Waals surface area contributed by atoms with Gasteiger partial charge >= 0.3 is 0 Å². The minimum atomic E-state index is -0.0188. The average molecular weight is 420 g/mol. The van der Waals surface area contributed by atoms with Crippen LogP contribution in [0.5, 0.6) is 0 Å². The smallest absolute Gasteiger partial charge is 0.253 e. The van der Waals surface area contributed by atoms with Crippen LogP contribution in [0.4, 0.5) is 0 Å². The van der Waals surface area contributed by atoms with Gasteiger partial charge in [-0.2, -0.15) is 0 Å². The van der Waals surface area contributed by atoms with E-state index in [2.05, 4.69) is 4.98 Å². The van der Waals surface area contributed by atoms with Crippen LogP contribution in [-0.2, 0) is 11.2 Å². The zero-order valence-corrected chi connectivity index (χ0v) is 17.3. The summed E-state index contributed by atoms with van der Waals surface area (Å²) in [6.07, 6.45) is 2.06. The predicted molar refractivity (Wildman–Crippen MR) is 117 cm³/mol. The normalized spacial score (nSPS) is 13.9. The van der Waals surface area contributed by atoms with Crippen LogP contribution in [0, 0.1) is 0 Å². The Balaban J connectivity index is 1.37. The number of piperazine rings is 1. The molecule has 6 heteroatoms. The molecule has 1 aromatic heterocycles. The van der Waals surface area contributed by atoms with Gasteiger partial charge in [-0.05, 0) is 42.0 Å². The molecule has 0 N–H and O–H groups in total. The monoisotopic (exact) mass is 419 g/mol. The quantitative estimate of drug-likeness (QED) is 0.643. The second-order valence-electron chi connectivity index (χ2n) is 7.28. The van der Waals surface area contributed by atoms with Gasteiger partial charge in [0.05, 0.1) is 12.1 Å². The lowest BCUT2D eigenvalue weighted by Gasteiger charge is -2.35. The maximum atomic E-state index is 13.0. The van der Waals surface area contributed by atoms with E-state index in [9.17, 15) is 9.59 Å². The maximum Gasteiger partial charge on any atom is 0.253 e. The Kier molecular flexibility index (Phi) is 6.10. The van der Waals surface area contributed by atoms with Gasteiger partial charge in [-0.1, -0.05) is 41.9 Å². The Labute approximate surface area is 180 Å². The SMILES string of the molecule is O=C(Cc1cccc(Cl)c1)N1CCN(C(=O)c2cccc(-c3ccccn3)c2)CC1. The molecule has 0 aliphatic carbocycles. The molecule has 1 fully saturated rings. The number of pyridine rings is 1. The highest BCUT2D eigenvalue weighted by molar-refractivity contribution is 6.30. The molecule has 0 radical (unpaired) electrons. The molecule has 0 bridgehead atoms. The number of amides is 2. The van der Waals surface area contributed by atoms with Gasteiger partial charge in [0.1, 0.15) is 0 Å². The molecule has 4 rings (SSSR count). The van der Waals surface area contributed by atoms with Crippen LogP contribution in [-0.4, -0.2) is 52.8 Å². The van der Waals surface area contributed by atoms with Gasteiger partial charge in [0.15, 0.2) is 0 Å². The Hall–Kier alpha value is -3.18. The Bertz CT molecular complexity index is 1050. The fraction of sp³-hybridized carbons (Fsp3) is 0.208. The van der Waals surface area contributed by atoms with Crippen molar-refractivity contribution in [3.63, 3.8) is 0 Å². The summed E-state index contributed by atoms with van der Waals surface area (Å²) < 4.78 is 0. The van der Waals surface area contributed by atoms with Crippen molar-refractivity contribution in [1.29, 1.82) is 0 Å². The zero-order chi connectivity index (χ0) is 20.9. The Morgan fingerprint density at radius 2 is 1.63 bits per heavy atom. The van der Waals surface area contributed by atoms with E-state index in [-0.39, 0.29) is 11.8 Å². The van der Waals surface area contributed by atoms with Crippen LogP contribution in [0.2, 0.25) is 5.02 Å². The first kappa shape index (κ1) is 20.1. The molecule has 5 nitrogen and oxygen atoms in total. The molecule has 2 heterocycles. The van der Waals surface area contributed by atoms with Crippen LogP contribution in [0.15, 0.2) is 72.9 Å². The van der Waals surface area contributed by atoms with Crippen LogP contribution >= 0.6 is 11.6 Å². The standard InChI is InChI=1S/C24H22ClN3O2/c25-21-8-3-5-18(15-21)16-23(29)27-11-13-28(14-12-27)24(30)20-7-4-6-19(17-20)22-9-1-2-10-26-22/h1-10,15,17H,11-14,16H2. The molecule has 1 aliphatic heterocycles. The van der Waals surface area contributed by atoms with Gasteiger partial charge in [0.25, 0.3) is 5.91 Å². The number of hydrogen-bond donors (Lipinski definition) is 0. The molecular formula is C24H22ClN3O2. The van der Waals surface area contributed by atoms with E-state index in [0.29, 0.717) is 43.2 Å². The third-order valence-corrected chi connectivity index (χ3v) is 5.47. The molecule has 1 aliphatic rings. The number of carbonyl (C=O) groups excluding carboxylic acids is 2. The number of nitrogens with zero attached hydrogens (tertiary/aromatic N) is 3. The molecule has 2 aromatic carbocycles. The fourth-order valence-corrected chi connectivity index (χ4v) is 3.83. The first-order valence-electron chi connectivity index (χ1n) is 9.93. The molecule has 152 valence electrons. The van der Waals surface area contributed by atoms with E-state index in [4.69, 9.17) is 11.6 Å². The predicted octanol–water partition coefficient (Wildman–Crippen LogP) is 3.93. The molecule has 0 unspecified atom stereocenters. The van der Waals surface area contributed by atoms with Crippen molar-refractivity contribution in [2.75, 3.05) is 26.2 Å². The van der Waals surface area contributed by atoms with Crippen molar-refractivity contribution in [2.45, 2.75) is 6.42 Å². The van der Waals surface area contributed by atoms with Gasteiger partial charge in [0, 0.05) is 48.5 Å². The fourth-order valence-electron chi connectivity index (χ4n) is 3.62. The van der Waals surface area contributed by atoms with Crippen molar-refractivity contribution >= 4 is 23.4 Å². The number of hydrogen-bond acceptors (Lipinski definition) is 3. The minimum Gasteiger partial charge on any atom is -0.339 e. The van der Waals surface area contributed by atoms with E-state index in [0.717, 1.165) is 16.8 Å². The average Bonchev–Trinajstić information content (AvgIpc) is 2.79. The third kappa shape index (κ3) is 4.69. The molecule has 0 spiro atoms. The van der Waals surface area contributed by atoms with Crippen molar-refractivity contribution < 1.29 is 9.59 Å². The molecule has 1 saturated heterocycles. The molecule has 3 aromatic rings. The summed E-state index contributed by atoms with van der Waals surface area (Å²) >= 11 is 6.00. The maximum absolute atomic E-state index is 13.0. The number of halogens is 1. The van der Waals surface area contributed by atoms with Crippen molar-refractivity contribution in [3.05, 3.63) is 89.1 Å². The summed E-state index contributed by atoms with van der Waals surface area (Å²) in [6, 6.07) is 20.6. The van der Waals surface area contributed by atoms with E-state index in [1.54, 1.807) is 17.2 Å². The zero-order valence-electron chi connectivity index (χ0n) is 16.5. The lowest BCUT2D eigenvalue weighted by molar-refractivity contribution is -0.131. The number of rotatable bonds is 4. The highest BCUT2D eigenvalue weighted by Gasteiger charge is 2.25. The van der Waals surface area contributed by atoms with Crippen LogP contribution in [0.1, 0.15) is 15.9 Å². The van der Waals surface area contributed by atoms with Gasteiger partial charge in [-0.15, -0.1) is 0 Å². The summed E-state index contributed by atoms with van der Waals surface area (Å²) in [6.45, 7) is 2.11. The number of aromatic nitrogens is 1. The van der Waals surface area contributed by atoms with E-state index < -0.39 is 0 Å². The second-order valence-corrected chi connectivity index (χ2v) is 7.71. The molecule has 0 atom stereocenters. The lowest BCUT2D eigenvalue weighted by atomic mass is 10.1. The summed E-state index contributed by atoms with van der Waals surface area (Å²) in [5.74, 6) is 0.0382. The van der Waals surface area contributed by atoms with Crippen LogP contribution in [0.3, 0.4) is 0 Å². The van der Waals surface area contributed by atoms with E-state index >= 15 is 0 Å². The van der Waals surface area contributed by atoms with Gasteiger partial charge in [-0.3, -0.25) is 14.6 Å². The Morgan fingerprint density at radius 1 is 0.867 bits per heavy atom.